The van der Waals surface area contributed by atoms with Crippen LogP contribution in [0.3, 0.4) is 0 Å². The smallest absolute Gasteiger partial charge is 0.338 e. The third kappa shape index (κ3) is 4.75. The fraction of sp³-hybridized carbons (Fsp3) is 0.462. The monoisotopic (exact) mass is 256 g/mol. The van der Waals surface area contributed by atoms with E-state index < -0.39 is 0 Å². The average Bonchev–Trinajstić information content (AvgIpc) is 2.29. The lowest BCUT2D eigenvalue weighted by Crippen LogP contribution is -2.23. The lowest BCUT2D eigenvalue weighted by molar-refractivity contribution is 0.00298. The topological polar surface area (TPSA) is 35.5 Å². The van der Waals surface area contributed by atoms with Gasteiger partial charge in [0.15, 0.2) is 0 Å². The van der Waals surface area contributed by atoms with Crippen molar-refractivity contribution in [2.45, 2.75) is 25.9 Å². The minimum Gasteiger partial charge on any atom is -0.456 e. The van der Waals surface area contributed by atoms with E-state index in [0.29, 0.717) is 17.2 Å². The number of ether oxygens (including phenoxy) is 2. The zero-order valence-corrected chi connectivity index (χ0v) is 10.9. The summed E-state index contributed by atoms with van der Waals surface area (Å²) in [5, 5.41) is 0.526. The summed E-state index contributed by atoms with van der Waals surface area (Å²) < 4.78 is 10.4. The van der Waals surface area contributed by atoms with Gasteiger partial charge >= 0.3 is 5.97 Å². The highest BCUT2D eigenvalue weighted by atomic mass is 35.5. The van der Waals surface area contributed by atoms with Gasteiger partial charge in [0.2, 0.25) is 0 Å². The molecule has 1 aromatic rings. The van der Waals surface area contributed by atoms with Gasteiger partial charge in [0.25, 0.3) is 0 Å². The van der Waals surface area contributed by atoms with E-state index in [1.807, 2.05) is 6.92 Å². The Morgan fingerprint density at radius 2 is 2.24 bits per heavy atom. The molecule has 3 nitrogen and oxygen atoms in total. The van der Waals surface area contributed by atoms with Gasteiger partial charge in [-0.25, -0.2) is 4.79 Å². The molecule has 0 amide bonds. The van der Waals surface area contributed by atoms with Crippen LogP contribution in [-0.4, -0.2) is 25.8 Å². The van der Waals surface area contributed by atoms with Crippen molar-refractivity contribution in [2.24, 2.45) is 0 Å². The van der Waals surface area contributed by atoms with E-state index in [4.69, 9.17) is 21.1 Å². The first kappa shape index (κ1) is 14.0. The number of carbonyl (C=O) groups is 1. The predicted octanol–water partition coefficient (Wildman–Crippen LogP) is 3.31. The second kappa shape index (κ2) is 7.30. The van der Waals surface area contributed by atoms with E-state index in [1.54, 1.807) is 31.4 Å². The first-order valence-electron chi connectivity index (χ1n) is 5.62. The van der Waals surface area contributed by atoms with Crippen LogP contribution < -0.4 is 0 Å². The van der Waals surface area contributed by atoms with Crippen molar-refractivity contribution in [2.75, 3.05) is 13.7 Å². The maximum absolute atomic E-state index is 11.8. The van der Waals surface area contributed by atoms with Gasteiger partial charge in [-0.2, -0.15) is 0 Å². The highest BCUT2D eigenvalue weighted by Crippen LogP contribution is 2.13. The van der Waals surface area contributed by atoms with Crippen molar-refractivity contribution in [3.63, 3.8) is 0 Å². The predicted molar refractivity (Wildman–Crippen MR) is 67.4 cm³/mol. The average molecular weight is 257 g/mol. The van der Waals surface area contributed by atoms with Crippen LogP contribution >= 0.6 is 11.6 Å². The largest absolute Gasteiger partial charge is 0.456 e. The molecule has 0 spiro atoms. The summed E-state index contributed by atoms with van der Waals surface area (Å²) in [4.78, 5) is 11.8. The summed E-state index contributed by atoms with van der Waals surface area (Å²) in [6, 6.07) is 6.73. The molecule has 17 heavy (non-hydrogen) atoms. The Balaban J connectivity index is 2.63. The van der Waals surface area contributed by atoms with Crippen LogP contribution in [0.5, 0.6) is 0 Å². The molecule has 0 radical (unpaired) electrons. The molecular formula is C13H17ClO3. The molecule has 1 rings (SSSR count). The first-order valence-corrected chi connectivity index (χ1v) is 6.00. The van der Waals surface area contributed by atoms with E-state index >= 15 is 0 Å². The quantitative estimate of drug-likeness (QED) is 0.733. The van der Waals surface area contributed by atoms with E-state index in [2.05, 4.69) is 0 Å². The van der Waals surface area contributed by atoms with Crippen molar-refractivity contribution in [1.29, 1.82) is 0 Å². The Kier molecular flexibility index (Phi) is 6.01. The van der Waals surface area contributed by atoms with Gasteiger partial charge in [-0.3, -0.25) is 0 Å². The second-order valence-electron chi connectivity index (χ2n) is 3.78. The fourth-order valence-corrected chi connectivity index (χ4v) is 1.71. The third-order valence-electron chi connectivity index (χ3n) is 2.30. The molecule has 1 atom stereocenters. The number of esters is 1. The summed E-state index contributed by atoms with van der Waals surface area (Å²) >= 11 is 5.82. The molecule has 0 bridgehead atoms. The minimum absolute atomic E-state index is 0.198. The van der Waals surface area contributed by atoms with E-state index in [0.717, 1.165) is 12.8 Å². The highest BCUT2D eigenvalue weighted by Gasteiger charge is 2.15. The second-order valence-corrected chi connectivity index (χ2v) is 4.22. The fourth-order valence-electron chi connectivity index (χ4n) is 1.52. The molecule has 0 fully saturated rings. The molecule has 1 aromatic carbocycles. The van der Waals surface area contributed by atoms with E-state index in [9.17, 15) is 4.79 Å². The van der Waals surface area contributed by atoms with Gasteiger partial charge in [-0.15, -0.1) is 0 Å². The van der Waals surface area contributed by atoms with Crippen molar-refractivity contribution in [3.05, 3.63) is 34.9 Å². The molecule has 0 aromatic heterocycles. The zero-order chi connectivity index (χ0) is 12.7. The van der Waals surface area contributed by atoms with Crippen LogP contribution in [0.4, 0.5) is 0 Å². The summed E-state index contributed by atoms with van der Waals surface area (Å²) in [6.07, 6.45) is 1.54. The van der Waals surface area contributed by atoms with Crippen LogP contribution in [0.15, 0.2) is 24.3 Å². The van der Waals surface area contributed by atoms with Gasteiger partial charge in [-0.05, 0) is 24.6 Å². The van der Waals surface area contributed by atoms with Gasteiger partial charge < -0.3 is 9.47 Å². The molecule has 0 aliphatic carbocycles. The summed E-state index contributed by atoms with van der Waals surface area (Å²) in [6.45, 7) is 2.45. The molecule has 94 valence electrons. The lowest BCUT2D eigenvalue weighted by atomic mass is 10.2. The number of methoxy groups -OCH3 is 1. The number of hydrogen-bond acceptors (Lipinski definition) is 3. The van der Waals surface area contributed by atoms with Gasteiger partial charge in [0.05, 0.1) is 12.2 Å². The van der Waals surface area contributed by atoms with Gasteiger partial charge in [0, 0.05) is 12.1 Å². The van der Waals surface area contributed by atoms with Gasteiger partial charge in [0.1, 0.15) is 6.10 Å². The first-order chi connectivity index (χ1) is 8.17. The number of rotatable bonds is 6. The number of hydrogen-bond donors (Lipinski definition) is 0. The van der Waals surface area contributed by atoms with Crippen molar-refractivity contribution >= 4 is 17.6 Å². The number of carbonyl (C=O) groups excluding carboxylic acids is 1. The van der Waals surface area contributed by atoms with E-state index in [-0.39, 0.29) is 12.1 Å². The Labute approximate surface area is 107 Å². The number of halogens is 1. The Hall–Kier alpha value is -1.06. The molecular weight excluding hydrogens is 240 g/mol. The molecule has 0 heterocycles. The van der Waals surface area contributed by atoms with Crippen molar-refractivity contribution in [1.82, 2.24) is 0 Å². The molecule has 0 saturated heterocycles. The minimum atomic E-state index is -0.358. The van der Waals surface area contributed by atoms with Crippen molar-refractivity contribution < 1.29 is 14.3 Å². The van der Waals surface area contributed by atoms with Crippen LogP contribution in [-0.2, 0) is 9.47 Å². The highest BCUT2D eigenvalue weighted by molar-refractivity contribution is 6.30. The normalized spacial score (nSPS) is 12.2. The zero-order valence-electron chi connectivity index (χ0n) is 10.1. The summed E-state index contributed by atoms with van der Waals surface area (Å²) in [5.41, 5.74) is 0.467. The van der Waals surface area contributed by atoms with Gasteiger partial charge in [-0.1, -0.05) is 31.0 Å². The van der Waals surface area contributed by atoms with Crippen LogP contribution in [0.25, 0.3) is 0 Å². The van der Waals surface area contributed by atoms with Crippen LogP contribution in [0.2, 0.25) is 5.02 Å². The molecule has 0 aliphatic rings. The van der Waals surface area contributed by atoms with Crippen LogP contribution in [0, 0.1) is 0 Å². The van der Waals surface area contributed by atoms with Crippen molar-refractivity contribution in [3.8, 4) is 0 Å². The Bertz CT molecular complexity index is 359. The molecule has 0 saturated carbocycles. The summed E-state index contributed by atoms with van der Waals surface area (Å²) in [7, 11) is 1.59. The summed E-state index contributed by atoms with van der Waals surface area (Å²) in [5.74, 6) is -0.358. The third-order valence-corrected chi connectivity index (χ3v) is 2.53. The lowest BCUT2D eigenvalue weighted by Gasteiger charge is -2.16. The molecule has 0 aliphatic heterocycles. The van der Waals surface area contributed by atoms with E-state index in [1.165, 1.54) is 0 Å². The number of benzene rings is 1. The Morgan fingerprint density at radius 3 is 2.82 bits per heavy atom. The molecule has 1 unspecified atom stereocenters. The molecule has 4 heteroatoms. The van der Waals surface area contributed by atoms with Crippen LogP contribution in [0.1, 0.15) is 30.1 Å². The Morgan fingerprint density at radius 1 is 1.47 bits per heavy atom. The standard InChI is InChI=1S/C13H17ClO3/c1-3-5-12(9-16-2)17-13(15)10-6-4-7-11(14)8-10/h4,6-8,12H,3,5,9H2,1-2H3. The SMILES string of the molecule is CCCC(COC)OC(=O)c1cccc(Cl)c1. The molecule has 0 N–H and O–H groups in total. The maximum atomic E-state index is 11.8. The maximum Gasteiger partial charge on any atom is 0.338 e.